The Balaban J connectivity index is 1.35. The molecule has 2 heterocycles. The van der Waals surface area contributed by atoms with Crippen LogP contribution < -0.4 is 20.7 Å². The molecule has 38 heavy (non-hydrogen) atoms. The number of para-hydroxylation sites is 1. The Labute approximate surface area is 220 Å². The summed E-state index contributed by atoms with van der Waals surface area (Å²) in [6.07, 6.45) is 7.17. The highest BCUT2D eigenvalue weighted by Gasteiger charge is 2.21. The summed E-state index contributed by atoms with van der Waals surface area (Å²) in [7, 11) is -3.47. The van der Waals surface area contributed by atoms with Gasteiger partial charge in [0.05, 0.1) is 40.9 Å². The summed E-state index contributed by atoms with van der Waals surface area (Å²) in [5, 5.41) is 9.07. The number of hydrogen-bond acceptors (Lipinski definition) is 6. The van der Waals surface area contributed by atoms with E-state index in [2.05, 4.69) is 25.7 Å². The standard InChI is InChI=1S/C27H26N6O4S/c1-38(36,37)32-22-6-3-2-5-20(22)18-7-9-21-24(15-18)30-23-10-8-19(16-25(23)31-27(21)35)26(34)29-11-4-13-33-14-12-28-17-33/h2-3,5-10,12,14-17,30,32H,4,11,13H2,1H3,(H,29,34)(H,31,35). The number of aryl methyl sites for hydroxylation is 1. The van der Waals surface area contributed by atoms with E-state index < -0.39 is 10.0 Å². The minimum absolute atomic E-state index is 0.230. The normalized spacial score (nSPS) is 12.4. The Morgan fingerprint density at radius 1 is 0.974 bits per heavy atom. The second kappa shape index (κ2) is 10.4. The van der Waals surface area contributed by atoms with E-state index >= 15 is 0 Å². The van der Waals surface area contributed by atoms with Gasteiger partial charge < -0.3 is 20.5 Å². The van der Waals surface area contributed by atoms with Crippen LogP contribution in [0.5, 0.6) is 0 Å². The third kappa shape index (κ3) is 5.68. The van der Waals surface area contributed by atoms with Gasteiger partial charge in [-0.15, -0.1) is 0 Å². The molecule has 194 valence electrons. The number of carbonyl (C=O) groups is 2. The first-order valence-corrected chi connectivity index (χ1v) is 13.8. The number of amides is 2. The van der Waals surface area contributed by atoms with Gasteiger partial charge in [-0.25, -0.2) is 13.4 Å². The van der Waals surface area contributed by atoms with E-state index in [4.69, 9.17) is 0 Å². The van der Waals surface area contributed by atoms with Gasteiger partial charge in [0.1, 0.15) is 0 Å². The van der Waals surface area contributed by atoms with Gasteiger partial charge in [-0.3, -0.25) is 14.3 Å². The number of anilines is 4. The third-order valence-electron chi connectivity index (χ3n) is 6.03. The van der Waals surface area contributed by atoms with Crippen molar-refractivity contribution in [3.8, 4) is 11.1 Å². The van der Waals surface area contributed by atoms with Crippen LogP contribution in [-0.2, 0) is 16.6 Å². The fourth-order valence-electron chi connectivity index (χ4n) is 4.25. The summed E-state index contributed by atoms with van der Waals surface area (Å²) < 4.78 is 28.1. The summed E-state index contributed by atoms with van der Waals surface area (Å²) in [6.45, 7) is 1.25. The number of carbonyl (C=O) groups excluding carboxylic acids is 2. The number of fused-ring (bicyclic) bond motifs is 2. The highest BCUT2D eigenvalue weighted by Crippen LogP contribution is 2.37. The number of benzene rings is 3. The number of hydrogen-bond donors (Lipinski definition) is 4. The molecule has 11 heteroatoms. The minimum atomic E-state index is -3.47. The van der Waals surface area contributed by atoms with Crippen LogP contribution in [0.2, 0.25) is 0 Å². The monoisotopic (exact) mass is 530 g/mol. The van der Waals surface area contributed by atoms with Crippen LogP contribution >= 0.6 is 0 Å². The Bertz CT molecular complexity index is 1620. The van der Waals surface area contributed by atoms with E-state index in [-0.39, 0.29) is 11.8 Å². The Kier molecular flexibility index (Phi) is 6.84. The molecule has 0 saturated carbocycles. The minimum Gasteiger partial charge on any atom is -0.353 e. The van der Waals surface area contributed by atoms with Crippen molar-refractivity contribution in [2.75, 3.05) is 28.2 Å². The number of rotatable bonds is 8. The first kappa shape index (κ1) is 25.0. The molecule has 0 saturated heterocycles. The van der Waals surface area contributed by atoms with Crippen LogP contribution in [0.25, 0.3) is 11.1 Å². The maximum absolute atomic E-state index is 13.0. The van der Waals surface area contributed by atoms with E-state index in [9.17, 15) is 18.0 Å². The predicted octanol–water partition coefficient (Wildman–Crippen LogP) is 4.05. The summed E-state index contributed by atoms with van der Waals surface area (Å²) in [5.74, 6) is -0.551. The molecule has 0 spiro atoms. The van der Waals surface area contributed by atoms with Crippen molar-refractivity contribution in [3.63, 3.8) is 0 Å². The van der Waals surface area contributed by atoms with Gasteiger partial charge >= 0.3 is 0 Å². The highest BCUT2D eigenvalue weighted by molar-refractivity contribution is 7.92. The van der Waals surface area contributed by atoms with Gasteiger partial charge in [0.25, 0.3) is 11.8 Å². The lowest BCUT2D eigenvalue weighted by Gasteiger charge is -2.14. The van der Waals surface area contributed by atoms with Crippen molar-refractivity contribution in [1.82, 2.24) is 14.9 Å². The summed E-state index contributed by atoms with van der Waals surface area (Å²) in [4.78, 5) is 29.7. The quantitative estimate of drug-likeness (QED) is 0.254. The first-order valence-electron chi connectivity index (χ1n) is 11.9. The molecule has 1 aliphatic heterocycles. The highest BCUT2D eigenvalue weighted by atomic mass is 32.2. The van der Waals surface area contributed by atoms with Crippen molar-refractivity contribution in [3.05, 3.63) is 90.5 Å². The molecule has 0 unspecified atom stereocenters. The zero-order chi connectivity index (χ0) is 26.7. The van der Waals surface area contributed by atoms with Crippen LogP contribution in [0, 0.1) is 0 Å². The molecule has 4 N–H and O–H groups in total. The first-order chi connectivity index (χ1) is 18.3. The van der Waals surface area contributed by atoms with Crippen LogP contribution in [0.1, 0.15) is 27.1 Å². The second-order valence-corrected chi connectivity index (χ2v) is 10.7. The van der Waals surface area contributed by atoms with Gasteiger partial charge in [-0.2, -0.15) is 0 Å². The van der Waals surface area contributed by atoms with E-state index in [1.54, 1.807) is 67.1 Å². The molecule has 3 aromatic carbocycles. The predicted molar refractivity (Wildman–Crippen MR) is 147 cm³/mol. The molecule has 0 atom stereocenters. The smallest absolute Gasteiger partial charge is 0.257 e. The van der Waals surface area contributed by atoms with E-state index in [1.165, 1.54) is 0 Å². The third-order valence-corrected chi connectivity index (χ3v) is 6.63. The van der Waals surface area contributed by atoms with Crippen molar-refractivity contribution in [2.24, 2.45) is 0 Å². The van der Waals surface area contributed by atoms with Crippen LogP contribution in [0.15, 0.2) is 79.4 Å². The number of nitrogens with one attached hydrogen (secondary N) is 4. The zero-order valence-corrected chi connectivity index (χ0v) is 21.4. The number of aromatic nitrogens is 2. The van der Waals surface area contributed by atoms with E-state index in [0.717, 1.165) is 24.8 Å². The van der Waals surface area contributed by atoms with Gasteiger partial charge in [0.2, 0.25) is 10.0 Å². The topological polar surface area (TPSA) is 134 Å². The molecular weight excluding hydrogens is 504 g/mol. The Morgan fingerprint density at radius 3 is 2.61 bits per heavy atom. The molecule has 2 amide bonds. The molecule has 10 nitrogen and oxygen atoms in total. The molecule has 0 bridgehead atoms. The van der Waals surface area contributed by atoms with Crippen LogP contribution in [0.3, 0.4) is 0 Å². The van der Waals surface area contributed by atoms with E-state index in [0.29, 0.717) is 46.0 Å². The van der Waals surface area contributed by atoms with Crippen LogP contribution in [0.4, 0.5) is 22.7 Å². The van der Waals surface area contributed by atoms with Gasteiger partial charge in [-0.05, 0) is 48.4 Å². The molecule has 0 radical (unpaired) electrons. The van der Waals surface area contributed by atoms with Crippen molar-refractivity contribution < 1.29 is 18.0 Å². The maximum Gasteiger partial charge on any atom is 0.257 e. The van der Waals surface area contributed by atoms with Gasteiger partial charge in [0.15, 0.2) is 0 Å². The molecule has 1 aliphatic rings. The lowest BCUT2D eigenvalue weighted by Crippen LogP contribution is -2.25. The van der Waals surface area contributed by atoms with Gasteiger partial charge in [0, 0.05) is 36.6 Å². The van der Waals surface area contributed by atoms with Crippen LogP contribution in [-0.4, -0.2) is 42.6 Å². The maximum atomic E-state index is 13.0. The average Bonchev–Trinajstić information content (AvgIpc) is 3.35. The fraction of sp³-hybridized carbons (Fsp3) is 0.148. The van der Waals surface area contributed by atoms with E-state index in [1.807, 2.05) is 16.8 Å². The second-order valence-electron chi connectivity index (χ2n) is 8.93. The SMILES string of the molecule is CS(=O)(=O)Nc1ccccc1-c1ccc2c(c1)Nc1ccc(C(=O)NCCCn3ccnc3)cc1NC2=O. The zero-order valence-electron chi connectivity index (χ0n) is 20.6. The lowest BCUT2D eigenvalue weighted by molar-refractivity contribution is 0.0951. The fourth-order valence-corrected chi connectivity index (χ4v) is 4.83. The van der Waals surface area contributed by atoms with Crippen molar-refractivity contribution in [1.29, 1.82) is 0 Å². The number of sulfonamides is 1. The Morgan fingerprint density at radius 2 is 1.82 bits per heavy atom. The summed E-state index contributed by atoms with van der Waals surface area (Å²) in [6, 6.07) is 17.4. The largest absolute Gasteiger partial charge is 0.353 e. The molecular formula is C27H26N6O4S. The number of imidazole rings is 1. The molecule has 5 rings (SSSR count). The molecule has 1 aromatic heterocycles. The van der Waals surface area contributed by atoms with Crippen molar-refractivity contribution >= 4 is 44.6 Å². The average molecular weight is 531 g/mol. The van der Waals surface area contributed by atoms with Crippen molar-refractivity contribution in [2.45, 2.75) is 13.0 Å². The lowest BCUT2D eigenvalue weighted by atomic mass is 10.0. The Hall–Kier alpha value is -4.64. The molecule has 4 aromatic rings. The molecule has 0 fully saturated rings. The summed E-state index contributed by atoms with van der Waals surface area (Å²) >= 11 is 0. The van der Waals surface area contributed by atoms with Gasteiger partial charge in [-0.1, -0.05) is 24.3 Å². The summed E-state index contributed by atoms with van der Waals surface area (Å²) in [5.41, 5.74) is 4.37. The molecule has 0 aliphatic carbocycles. The number of nitrogens with zero attached hydrogens (tertiary/aromatic N) is 2.